The summed E-state index contributed by atoms with van der Waals surface area (Å²) in [6.45, 7) is 3.33. The Labute approximate surface area is 113 Å². The third-order valence-corrected chi connectivity index (χ3v) is 3.78. The molecule has 1 aliphatic rings. The van der Waals surface area contributed by atoms with Crippen molar-refractivity contribution in [1.29, 1.82) is 0 Å². The van der Waals surface area contributed by atoms with Gasteiger partial charge in [-0.15, -0.1) is 5.10 Å². The van der Waals surface area contributed by atoms with Crippen molar-refractivity contribution in [3.8, 4) is 5.69 Å². The van der Waals surface area contributed by atoms with Crippen LogP contribution in [0.4, 0.5) is 0 Å². The first kappa shape index (κ1) is 12.3. The van der Waals surface area contributed by atoms with Gasteiger partial charge in [0.25, 0.3) is 0 Å². The average molecular weight is 257 g/mol. The van der Waals surface area contributed by atoms with E-state index in [1.807, 2.05) is 6.07 Å². The number of nitrogens with zero attached hydrogens (tertiary/aromatic N) is 4. The Hall–Kier alpha value is -1.75. The molecular weight excluding hydrogens is 238 g/mol. The SMILES string of the molecule is CCCNC1CC(c2cccc(-n3cnnn3)c2)C1. The molecule has 1 aliphatic carbocycles. The van der Waals surface area contributed by atoms with E-state index < -0.39 is 0 Å². The van der Waals surface area contributed by atoms with Crippen molar-refractivity contribution in [3.05, 3.63) is 36.2 Å². The minimum absolute atomic E-state index is 0.672. The summed E-state index contributed by atoms with van der Waals surface area (Å²) in [5.41, 5.74) is 2.43. The Morgan fingerprint density at radius 2 is 2.26 bits per heavy atom. The van der Waals surface area contributed by atoms with E-state index in [0.29, 0.717) is 12.0 Å². The Kier molecular flexibility index (Phi) is 3.55. The molecular formula is C14H19N5. The van der Waals surface area contributed by atoms with Gasteiger partial charge in [-0.05, 0) is 59.8 Å². The third kappa shape index (κ3) is 2.66. The van der Waals surface area contributed by atoms with Crippen LogP contribution in [0, 0.1) is 0 Å². The predicted octanol–water partition coefficient (Wildman–Crippen LogP) is 1.91. The fourth-order valence-electron chi connectivity index (χ4n) is 2.61. The van der Waals surface area contributed by atoms with Crippen LogP contribution in [0.3, 0.4) is 0 Å². The molecule has 3 rings (SSSR count). The zero-order chi connectivity index (χ0) is 13.1. The van der Waals surface area contributed by atoms with Gasteiger partial charge < -0.3 is 5.32 Å². The molecule has 0 amide bonds. The summed E-state index contributed by atoms with van der Waals surface area (Å²) >= 11 is 0. The first-order valence-corrected chi connectivity index (χ1v) is 6.93. The number of benzene rings is 1. The van der Waals surface area contributed by atoms with E-state index in [9.17, 15) is 0 Å². The van der Waals surface area contributed by atoms with E-state index in [2.05, 4.69) is 46.0 Å². The van der Waals surface area contributed by atoms with E-state index >= 15 is 0 Å². The van der Waals surface area contributed by atoms with Crippen LogP contribution in [0.5, 0.6) is 0 Å². The summed E-state index contributed by atoms with van der Waals surface area (Å²) in [6, 6.07) is 9.21. The molecule has 0 spiro atoms. The lowest BCUT2D eigenvalue weighted by molar-refractivity contribution is 0.292. The lowest BCUT2D eigenvalue weighted by Gasteiger charge is -2.36. The van der Waals surface area contributed by atoms with Gasteiger partial charge in [0.1, 0.15) is 6.33 Å². The summed E-state index contributed by atoms with van der Waals surface area (Å²) < 4.78 is 1.70. The van der Waals surface area contributed by atoms with Crippen molar-refractivity contribution in [2.45, 2.75) is 38.1 Å². The first-order valence-electron chi connectivity index (χ1n) is 6.93. The summed E-state index contributed by atoms with van der Waals surface area (Å²) in [5, 5.41) is 14.9. The van der Waals surface area contributed by atoms with Crippen LogP contribution in [0.15, 0.2) is 30.6 Å². The lowest BCUT2D eigenvalue weighted by Crippen LogP contribution is -2.40. The number of tetrazole rings is 1. The van der Waals surface area contributed by atoms with Crippen molar-refractivity contribution < 1.29 is 0 Å². The normalized spacial score (nSPS) is 22.2. The fourth-order valence-corrected chi connectivity index (χ4v) is 2.61. The second kappa shape index (κ2) is 5.48. The highest BCUT2D eigenvalue weighted by atomic mass is 15.5. The Bertz CT molecular complexity index is 516. The van der Waals surface area contributed by atoms with E-state index in [-0.39, 0.29) is 0 Å². The van der Waals surface area contributed by atoms with E-state index in [1.54, 1.807) is 11.0 Å². The van der Waals surface area contributed by atoms with E-state index in [0.717, 1.165) is 12.2 Å². The van der Waals surface area contributed by atoms with Gasteiger partial charge in [0.2, 0.25) is 0 Å². The second-order valence-electron chi connectivity index (χ2n) is 5.17. The van der Waals surface area contributed by atoms with Gasteiger partial charge >= 0.3 is 0 Å². The molecule has 1 heterocycles. The van der Waals surface area contributed by atoms with E-state index in [1.165, 1.54) is 24.8 Å². The quantitative estimate of drug-likeness (QED) is 0.889. The standard InChI is InChI=1S/C14H19N5/c1-2-6-15-13-7-12(8-13)11-4-3-5-14(9-11)19-10-16-17-18-19/h3-5,9-10,12-13,15H,2,6-8H2,1H3. The van der Waals surface area contributed by atoms with Gasteiger partial charge in [-0.2, -0.15) is 0 Å². The van der Waals surface area contributed by atoms with Crippen LogP contribution >= 0.6 is 0 Å². The predicted molar refractivity (Wildman–Crippen MR) is 73.2 cm³/mol. The number of aromatic nitrogens is 4. The minimum Gasteiger partial charge on any atom is -0.314 e. The maximum atomic E-state index is 3.93. The molecule has 1 saturated carbocycles. The van der Waals surface area contributed by atoms with Gasteiger partial charge in [-0.3, -0.25) is 0 Å². The Balaban J connectivity index is 1.65. The smallest absolute Gasteiger partial charge is 0.143 e. The second-order valence-corrected chi connectivity index (χ2v) is 5.17. The molecule has 2 aromatic rings. The molecule has 0 unspecified atom stereocenters. The molecule has 5 heteroatoms. The number of hydrogen-bond donors (Lipinski definition) is 1. The van der Waals surface area contributed by atoms with Gasteiger partial charge in [0, 0.05) is 6.04 Å². The fraction of sp³-hybridized carbons (Fsp3) is 0.500. The van der Waals surface area contributed by atoms with Crippen LogP contribution in [0.2, 0.25) is 0 Å². The molecule has 1 aromatic heterocycles. The maximum absolute atomic E-state index is 3.93. The molecule has 0 bridgehead atoms. The van der Waals surface area contributed by atoms with Crippen LogP contribution in [0.25, 0.3) is 5.69 Å². The van der Waals surface area contributed by atoms with Gasteiger partial charge in [0.05, 0.1) is 5.69 Å². The molecule has 0 saturated heterocycles. The van der Waals surface area contributed by atoms with Crippen LogP contribution in [-0.4, -0.2) is 32.8 Å². The van der Waals surface area contributed by atoms with Gasteiger partial charge in [-0.25, -0.2) is 4.68 Å². The van der Waals surface area contributed by atoms with Crippen molar-refractivity contribution in [2.75, 3.05) is 6.54 Å². The number of rotatable bonds is 5. The Morgan fingerprint density at radius 3 is 3.00 bits per heavy atom. The van der Waals surface area contributed by atoms with Crippen LogP contribution in [-0.2, 0) is 0 Å². The summed E-state index contributed by atoms with van der Waals surface area (Å²) in [6.07, 6.45) is 5.31. The topological polar surface area (TPSA) is 55.6 Å². The summed E-state index contributed by atoms with van der Waals surface area (Å²) in [7, 11) is 0. The zero-order valence-corrected chi connectivity index (χ0v) is 11.2. The largest absolute Gasteiger partial charge is 0.314 e. The maximum Gasteiger partial charge on any atom is 0.143 e. The molecule has 5 nitrogen and oxygen atoms in total. The highest BCUT2D eigenvalue weighted by Crippen LogP contribution is 2.37. The average Bonchev–Trinajstić information content (AvgIpc) is 2.91. The summed E-state index contributed by atoms with van der Waals surface area (Å²) in [4.78, 5) is 0. The molecule has 1 N–H and O–H groups in total. The lowest BCUT2D eigenvalue weighted by atomic mass is 9.76. The minimum atomic E-state index is 0.672. The number of nitrogens with one attached hydrogen (secondary N) is 1. The molecule has 0 aliphatic heterocycles. The van der Waals surface area contributed by atoms with Crippen molar-refractivity contribution in [2.24, 2.45) is 0 Å². The molecule has 1 fully saturated rings. The number of hydrogen-bond acceptors (Lipinski definition) is 4. The zero-order valence-electron chi connectivity index (χ0n) is 11.2. The monoisotopic (exact) mass is 257 g/mol. The first-order chi connectivity index (χ1) is 9.36. The highest BCUT2D eigenvalue weighted by molar-refractivity contribution is 5.37. The Morgan fingerprint density at radius 1 is 1.37 bits per heavy atom. The van der Waals surface area contributed by atoms with Crippen molar-refractivity contribution in [1.82, 2.24) is 25.5 Å². The van der Waals surface area contributed by atoms with Crippen LogP contribution in [0.1, 0.15) is 37.7 Å². The van der Waals surface area contributed by atoms with Crippen molar-refractivity contribution in [3.63, 3.8) is 0 Å². The van der Waals surface area contributed by atoms with Crippen molar-refractivity contribution >= 4 is 0 Å². The third-order valence-electron chi connectivity index (χ3n) is 3.78. The van der Waals surface area contributed by atoms with Crippen LogP contribution < -0.4 is 5.32 Å². The molecule has 100 valence electrons. The van der Waals surface area contributed by atoms with E-state index in [4.69, 9.17) is 0 Å². The van der Waals surface area contributed by atoms with Gasteiger partial charge in [0.15, 0.2) is 0 Å². The molecule has 0 atom stereocenters. The molecule has 1 aromatic carbocycles. The van der Waals surface area contributed by atoms with Gasteiger partial charge in [-0.1, -0.05) is 19.1 Å². The molecule has 19 heavy (non-hydrogen) atoms. The highest BCUT2D eigenvalue weighted by Gasteiger charge is 2.29. The summed E-state index contributed by atoms with van der Waals surface area (Å²) in [5.74, 6) is 0.672. The molecule has 0 radical (unpaired) electrons.